The van der Waals surface area contributed by atoms with Gasteiger partial charge in [0.1, 0.15) is 0 Å². The van der Waals surface area contributed by atoms with Crippen molar-refractivity contribution in [2.75, 3.05) is 13.1 Å². The fourth-order valence-electron chi connectivity index (χ4n) is 3.05. The number of nitrogens with two attached hydrogens (primary N) is 1. The Labute approximate surface area is 146 Å². The second-order valence-corrected chi connectivity index (χ2v) is 6.99. The third kappa shape index (κ3) is 3.52. The van der Waals surface area contributed by atoms with Crippen molar-refractivity contribution in [2.24, 2.45) is 0 Å². The van der Waals surface area contributed by atoms with Crippen molar-refractivity contribution < 1.29 is 10.1 Å². The van der Waals surface area contributed by atoms with Crippen molar-refractivity contribution in [1.82, 2.24) is 10.3 Å². The van der Waals surface area contributed by atoms with Crippen molar-refractivity contribution in [3.05, 3.63) is 58.4 Å². The van der Waals surface area contributed by atoms with E-state index in [9.17, 15) is 4.79 Å². The minimum absolute atomic E-state index is 0.0855. The molecule has 0 spiro atoms. The minimum atomic E-state index is -0.0855. The molecule has 24 heavy (non-hydrogen) atoms. The van der Waals surface area contributed by atoms with Gasteiger partial charge in [-0.25, -0.2) is 0 Å². The first kappa shape index (κ1) is 16.7. The normalized spacial score (nSPS) is 13.8. The largest absolute Gasteiger partial charge is 0.361 e. The van der Waals surface area contributed by atoms with Crippen LogP contribution in [0.15, 0.2) is 48.0 Å². The van der Waals surface area contributed by atoms with Gasteiger partial charge in [0.2, 0.25) is 0 Å². The molecular formula is C19H24N3OS+. The van der Waals surface area contributed by atoms with Crippen LogP contribution in [0.3, 0.4) is 0 Å². The topological polar surface area (TPSA) is 61.5 Å². The summed E-state index contributed by atoms with van der Waals surface area (Å²) in [5.74, 6) is 0.374. The lowest BCUT2D eigenvalue weighted by Crippen LogP contribution is -2.92. The summed E-state index contributed by atoms with van der Waals surface area (Å²) < 4.78 is 0. The van der Waals surface area contributed by atoms with Gasteiger partial charge in [-0.3, -0.25) is 4.79 Å². The summed E-state index contributed by atoms with van der Waals surface area (Å²) in [7, 11) is 0. The molecule has 0 saturated heterocycles. The highest BCUT2D eigenvalue weighted by atomic mass is 32.1. The Kier molecular flexibility index (Phi) is 5.33. The van der Waals surface area contributed by atoms with Crippen LogP contribution in [0.4, 0.5) is 0 Å². The van der Waals surface area contributed by atoms with Gasteiger partial charge in [-0.2, -0.15) is 0 Å². The summed E-state index contributed by atoms with van der Waals surface area (Å²) >= 11 is 1.77. The summed E-state index contributed by atoms with van der Waals surface area (Å²) in [6, 6.07) is 12.6. The van der Waals surface area contributed by atoms with Crippen LogP contribution in [-0.4, -0.2) is 30.0 Å². The molecule has 0 aliphatic carbocycles. The molecule has 4 nitrogen and oxygen atoms in total. The monoisotopic (exact) mass is 342 g/mol. The summed E-state index contributed by atoms with van der Waals surface area (Å²) in [4.78, 5) is 16.7. The third-order valence-corrected chi connectivity index (χ3v) is 5.36. The lowest BCUT2D eigenvalue weighted by molar-refractivity contribution is -0.674. The summed E-state index contributed by atoms with van der Waals surface area (Å²) in [5.41, 5.74) is 2.46. The molecule has 5 heteroatoms. The number of amides is 1. The van der Waals surface area contributed by atoms with Gasteiger partial charge < -0.3 is 15.6 Å². The number of carbonyl (C=O) groups is 1. The average molecular weight is 342 g/mol. The minimum Gasteiger partial charge on any atom is -0.361 e. The van der Waals surface area contributed by atoms with E-state index in [0.29, 0.717) is 6.54 Å². The van der Waals surface area contributed by atoms with Crippen LogP contribution in [-0.2, 0) is 4.79 Å². The van der Waals surface area contributed by atoms with Gasteiger partial charge in [0.05, 0.1) is 12.5 Å². The quantitative estimate of drug-likeness (QED) is 0.607. The molecule has 0 fully saturated rings. The predicted molar refractivity (Wildman–Crippen MR) is 99.4 cm³/mol. The maximum atomic E-state index is 12.0. The maximum absolute atomic E-state index is 12.0. The molecule has 3 aromatic rings. The molecule has 0 saturated carbocycles. The van der Waals surface area contributed by atoms with E-state index in [-0.39, 0.29) is 17.9 Å². The molecule has 0 bridgehead atoms. The van der Waals surface area contributed by atoms with E-state index in [0.717, 1.165) is 12.1 Å². The molecule has 126 valence electrons. The van der Waals surface area contributed by atoms with Gasteiger partial charge in [-0.15, -0.1) is 11.3 Å². The lowest BCUT2D eigenvalue weighted by atomic mass is 9.96. The number of para-hydroxylation sites is 1. The van der Waals surface area contributed by atoms with Crippen LogP contribution in [0, 0.1) is 0 Å². The number of aromatic nitrogens is 1. The fourth-order valence-corrected chi connectivity index (χ4v) is 3.91. The zero-order valence-corrected chi connectivity index (χ0v) is 14.9. The summed E-state index contributed by atoms with van der Waals surface area (Å²) in [6.07, 6.45) is 2.11. The molecule has 4 N–H and O–H groups in total. The molecule has 0 radical (unpaired) electrons. The number of quaternary nitrogens is 1. The van der Waals surface area contributed by atoms with E-state index in [1.54, 1.807) is 11.3 Å². The van der Waals surface area contributed by atoms with Crippen molar-refractivity contribution in [3.8, 4) is 0 Å². The van der Waals surface area contributed by atoms with E-state index in [1.165, 1.54) is 15.8 Å². The molecule has 3 rings (SSSR count). The van der Waals surface area contributed by atoms with Crippen molar-refractivity contribution in [2.45, 2.75) is 25.8 Å². The third-order valence-electron chi connectivity index (χ3n) is 4.37. The Morgan fingerprint density at radius 3 is 2.88 bits per heavy atom. The first-order valence-corrected chi connectivity index (χ1v) is 9.29. The average Bonchev–Trinajstić information content (AvgIpc) is 3.25. The number of likely N-dealkylation sites (N-methyl/N-ethyl adjacent to an activating group) is 1. The van der Waals surface area contributed by atoms with Crippen LogP contribution in [0.1, 0.15) is 30.2 Å². The van der Waals surface area contributed by atoms with Crippen LogP contribution >= 0.6 is 11.3 Å². The highest BCUT2D eigenvalue weighted by molar-refractivity contribution is 7.10. The lowest BCUT2D eigenvalue weighted by Gasteiger charge is -2.17. The molecule has 1 amide bonds. The Hall–Kier alpha value is -2.11. The van der Waals surface area contributed by atoms with Gasteiger partial charge in [0.15, 0.2) is 6.04 Å². The fraction of sp³-hybridized carbons (Fsp3) is 0.316. The number of benzene rings is 1. The van der Waals surface area contributed by atoms with E-state index in [1.807, 2.05) is 19.9 Å². The zero-order chi connectivity index (χ0) is 16.9. The molecule has 2 atom stereocenters. The van der Waals surface area contributed by atoms with Crippen LogP contribution < -0.4 is 10.6 Å². The molecule has 0 aliphatic rings. The smallest absolute Gasteiger partial charge is 0.277 e. The zero-order valence-electron chi connectivity index (χ0n) is 14.1. The standard InChI is InChI=1S/C19H23N3OS/c1-3-20-19(23)13(2)21-12-16(18-9-6-10-24-18)15-11-22-17-8-5-4-7-14(15)17/h4-11,13,16,21-22H,3,12H2,1-2H3,(H,20,23)/p+1/t13-,16+/m0/s1. The van der Waals surface area contributed by atoms with Gasteiger partial charge in [0, 0.05) is 28.5 Å². The van der Waals surface area contributed by atoms with E-state index < -0.39 is 0 Å². The number of H-pyrrole nitrogens is 1. The second-order valence-electron chi connectivity index (χ2n) is 6.01. The second kappa shape index (κ2) is 7.64. The molecule has 1 aromatic carbocycles. The first-order chi connectivity index (χ1) is 11.7. The molecule has 0 unspecified atom stereocenters. The van der Waals surface area contributed by atoms with Crippen LogP contribution in [0.5, 0.6) is 0 Å². The van der Waals surface area contributed by atoms with Crippen LogP contribution in [0.2, 0.25) is 0 Å². The number of hydrogen-bond acceptors (Lipinski definition) is 2. The number of nitrogens with one attached hydrogen (secondary N) is 2. The number of thiophene rings is 1. The summed E-state index contributed by atoms with van der Waals surface area (Å²) in [5, 5.41) is 8.41. The maximum Gasteiger partial charge on any atom is 0.277 e. The van der Waals surface area contributed by atoms with Crippen LogP contribution in [0.25, 0.3) is 10.9 Å². The van der Waals surface area contributed by atoms with Gasteiger partial charge >= 0.3 is 0 Å². The molecular weight excluding hydrogens is 318 g/mol. The van der Waals surface area contributed by atoms with Crippen molar-refractivity contribution >= 4 is 28.1 Å². The summed E-state index contributed by atoms with van der Waals surface area (Å²) in [6.45, 7) is 5.44. The van der Waals surface area contributed by atoms with E-state index >= 15 is 0 Å². The SMILES string of the molecule is CCNC(=O)[C@H](C)[NH2+]C[C@@H](c1cccs1)c1c[nH]c2ccccc12. The van der Waals surface area contributed by atoms with Gasteiger partial charge in [-0.1, -0.05) is 24.3 Å². The number of fused-ring (bicyclic) bond motifs is 1. The Morgan fingerprint density at radius 1 is 1.29 bits per heavy atom. The number of hydrogen-bond donors (Lipinski definition) is 3. The number of rotatable bonds is 7. The van der Waals surface area contributed by atoms with E-state index in [2.05, 4.69) is 57.5 Å². The number of carbonyl (C=O) groups excluding carboxylic acids is 1. The Bertz CT molecular complexity index is 794. The molecule has 2 heterocycles. The predicted octanol–water partition coefficient (Wildman–Crippen LogP) is 2.45. The van der Waals surface area contributed by atoms with Gasteiger partial charge in [0.25, 0.3) is 5.91 Å². The Balaban J connectivity index is 1.84. The number of aromatic amines is 1. The molecule has 0 aliphatic heterocycles. The van der Waals surface area contributed by atoms with Crippen molar-refractivity contribution in [3.63, 3.8) is 0 Å². The molecule has 2 aromatic heterocycles. The highest BCUT2D eigenvalue weighted by Crippen LogP contribution is 2.32. The van der Waals surface area contributed by atoms with Gasteiger partial charge in [-0.05, 0) is 36.9 Å². The first-order valence-electron chi connectivity index (χ1n) is 8.41. The highest BCUT2D eigenvalue weighted by Gasteiger charge is 2.23. The van der Waals surface area contributed by atoms with Crippen molar-refractivity contribution in [1.29, 1.82) is 0 Å². The van der Waals surface area contributed by atoms with E-state index in [4.69, 9.17) is 0 Å². The Morgan fingerprint density at radius 2 is 2.12 bits per heavy atom.